The maximum absolute atomic E-state index is 11.0. The Kier molecular flexibility index (Phi) is 5.20. The molecule has 1 heterocycles. The molecule has 122 valence electrons. The normalized spacial score (nSPS) is 15.0. The number of carbonyl (C=O) groups is 2. The van der Waals surface area contributed by atoms with Crippen molar-refractivity contribution in [3.8, 4) is 0 Å². The molecule has 0 aliphatic heterocycles. The number of fused-ring (bicyclic) bond motifs is 1. The summed E-state index contributed by atoms with van der Waals surface area (Å²) in [7, 11) is 0. The smallest absolute Gasteiger partial charge is 0.320 e. The molecule has 0 saturated heterocycles. The number of rotatable bonds is 7. The number of nitrogens with zero attached hydrogens (tertiary/aromatic N) is 2. The van der Waals surface area contributed by atoms with Crippen LogP contribution in [-0.4, -0.2) is 44.2 Å². The van der Waals surface area contributed by atoms with E-state index in [1.807, 2.05) is 12.1 Å². The lowest BCUT2D eigenvalue weighted by Crippen LogP contribution is -2.36. The molecule has 0 aliphatic rings. The number of aromatic nitrogens is 2. The van der Waals surface area contributed by atoms with Gasteiger partial charge in [0.2, 0.25) is 0 Å². The first-order chi connectivity index (χ1) is 10.9. The quantitative estimate of drug-likeness (QED) is 0.569. The van der Waals surface area contributed by atoms with Gasteiger partial charge in [0.25, 0.3) is 0 Å². The van der Waals surface area contributed by atoms with Gasteiger partial charge in [-0.2, -0.15) is 0 Å². The van der Waals surface area contributed by atoms with E-state index in [-0.39, 0.29) is 12.8 Å². The van der Waals surface area contributed by atoms with Crippen molar-refractivity contribution in [2.45, 2.75) is 30.8 Å². The molecule has 0 fully saturated rings. The van der Waals surface area contributed by atoms with Crippen molar-refractivity contribution < 1.29 is 19.8 Å². The summed E-state index contributed by atoms with van der Waals surface area (Å²) >= 11 is 0. The zero-order chi connectivity index (χ0) is 17.0. The fourth-order valence-electron chi connectivity index (χ4n) is 2.32. The monoisotopic (exact) mass is 318 g/mol. The van der Waals surface area contributed by atoms with E-state index in [0.29, 0.717) is 16.7 Å². The Morgan fingerprint density at radius 3 is 2.04 bits per heavy atom. The highest BCUT2D eigenvalue weighted by atomic mass is 16.4. The number of aliphatic carboxylic acids is 2. The van der Waals surface area contributed by atoms with Crippen LogP contribution in [0.5, 0.6) is 0 Å². The molecular weight excluding hydrogens is 300 g/mol. The van der Waals surface area contributed by atoms with Gasteiger partial charge in [-0.1, -0.05) is 12.1 Å². The standard InChI is InChI=1S/C15H18N4O4/c16-9(14(20)21)5-8(6-10(17)15(22)23)13-7-18-11-3-1-2-4-12(11)19-13/h1-4,7-10H,5-6,16-17H2,(H,20,21)(H,22,23). The number of carboxylic acids is 2. The first kappa shape index (κ1) is 16.8. The third-order valence-corrected chi connectivity index (χ3v) is 3.60. The molecule has 0 spiro atoms. The maximum Gasteiger partial charge on any atom is 0.320 e. The minimum Gasteiger partial charge on any atom is -0.480 e. The van der Waals surface area contributed by atoms with Gasteiger partial charge in [0.15, 0.2) is 0 Å². The lowest BCUT2D eigenvalue weighted by atomic mass is 9.90. The van der Waals surface area contributed by atoms with Crippen molar-refractivity contribution in [2.24, 2.45) is 11.5 Å². The topological polar surface area (TPSA) is 152 Å². The average molecular weight is 318 g/mol. The summed E-state index contributed by atoms with van der Waals surface area (Å²) < 4.78 is 0. The second-order valence-electron chi connectivity index (χ2n) is 5.34. The van der Waals surface area contributed by atoms with Crippen LogP contribution < -0.4 is 11.5 Å². The summed E-state index contributed by atoms with van der Waals surface area (Å²) in [6.07, 6.45) is 1.57. The molecular formula is C15H18N4O4. The van der Waals surface area contributed by atoms with E-state index in [1.54, 1.807) is 12.1 Å². The lowest BCUT2D eigenvalue weighted by molar-refractivity contribution is -0.139. The Morgan fingerprint density at radius 2 is 1.52 bits per heavy atom. The van der Waals surface area contributed by atoms with Gasteiger partial charge < -0.3 is 21.7 Å². The highest BCUT2D eigenvalue weighted by Crippen LogP contribution is 2.25. The molecule has 2 unspecified atom stereocenters. The van der Waals surface area contributed by atoms with Gasteiger partial charge in [0, 0.05) is 12.1 Å². The van der Waals surface area contributed by atoms with Gasteiger partial charge in [-0.15, -0.1) is 0 Å². The zero-order valence-corrected chi connectivity index (χ0v) is 12.3. The number of para-hydroxylation sites is 2. The third-order valence-electron chi connectivity index (χ3n) is 3.60. The van der Waals surface area contributed by atoms with Gasteiger partial charge in [0.05, 0.1) is 16.7 Å². The summed E-state index contributed by atoms with van der Waals surface area (Å²) in [6.45, 7) is 0. The summed E-state index contributed by atoms with van der Waals surface area (Å²) in [5.41, 5.74) is 13.0. The molecule has 1 aromatic carbocycles. The molecule has 8 heteroatoms. The molecule has 6 N–H and O–H groups in total. The van der Waals surface area contributed by atoms with Crippen molar-refractivity contribution in [3.63, 3.8) is 0 Å². The van der Waals surface area contributed by atoms with E-state index in [1.165, 1.54) is 6.20 Å². The van der Waals surface area contributed by atoms with Crippen LogP contribution in [0.3, 0.4) is 0 Å². The van der Waals surface area contributed by atoms with Crippen LogP contribution in [0.15, 0.2) is 30.5 Å². The van der Waals surface area contributed by atoms with Crippen molar-refractivity contribution in [1.29, 1.82) is 0 Å². The van der Waals surface area contributed by atoms with Crippen molar-refractivity contribution in [1.82, 2.24) is 9.97 Å². The number of carboxylic acid groups (broad SMARTS) is 2. The molecule has 23 heavy (non-hydrogen) atoms. The van der Waals surface area contributed by atoms with Gasteiger partial charge in [-0.3, -0.25) is 14.6 Å². The molecule has 0 radical (unpaired) electrons. The SMILES string of the molecule is NC(CC(CC(N)C(=O)O)c1cnc2ccccc2n1)C(=O)O. The van der Waals surface area contributed by atoms with Crippen molar-refractivity contribution in [2.75, 3.05) is 0 Å². The summed E-state index contributed by atoms with van der Waals surface area (Å²) in [6, 6.07) is 4.95. The highest BCUT2D eigenvalue weighted by molar-refractivity contribution is 5.75. The number of hydrogen-bond donors (Lipinski definition) is 4. The first-order valence-electron chi connectivity index (χ1n) is 7.07. The molecule has 8 nitrogen and oxygen atoms in total. The Hall–Kier alpha value is -2.58. The minimum atomic E-state index is -1.16. The van der Waals surface area contributed by atoms with Crippen molar-refractivity contribution >= 4 is 23.0 Å². The molecule has 2 rings (SSSR count). The second-order valence-corrected chi connectivity index (χ2v) is 5.34. The van der Waals surface area contributed by atoms with Crippen LogP contribution in [0.25, 0.3) is 11.0 Å². The van der Waals surface area contributed by atoms with Crippen molar-refractivity contribution in [3.05, 3.63) is 36.2 Å². The first-order valence-corrected chi connectivity index (χ1v) is 7.07. The minimum absolute atomic E-state index is 0.0311. The molecule has 0 amide bonds. The van der Waals surface area contributed by atoms with Gasteiger partial charge >= 0.3 is 11.9 Å². The van der Waals surface area contributed by atoms with Crippen LogP contribution in [0, 0.1) is 0 Å². The summed E-state index contributed by atoms with van der Waals surface area (Å²) in [4.78, 5) is 30.7. The van der Waals surface area contributed by atoms with E-state index in [2.05, 4.69) is 9.97 Å². The fraction of sp³-hybridized carbons (Fsp3) is 0.333. The summed E-state index contributed by atoms with van der Waals surface area (Å²) in [5, 5.41) is 18.0. The Balaban J connectivity index is 2.32. The average Bonchev–Trinajstić information content (AvgIpc) is 2.53. The zero-order valence-electron chi connectivity index (χ0n) is 12.3. The molecule has 2 atom stereocenters. The van der Waals surface area contributed by atoms with Crippen LogP contribution in [-0.2, 0) is 9.59 Å². The fourth-order valence-corrected chi connectivity index (χ4v) is 2.32. The number of nitrogens with two attached hydrogens (primary N) is 2. The van der Waals surface area contributed by atoms with Crippen LogP contribution in [0.2, 0.25) is 0 Å². The number of benzene rings is 1. The van der Waals surface area contributed by atoms with Crippen LogP contribution in [0.1, 0.15) is 24.5 Å². The largest absolute Gasteiger partial charge is 0.480 e. The molecule has 1 aromatic heterocycles. The van der Waals surface area contributed by atoms with E-state index in [0.717, 1.165) is 0 Å². The second kappa shape index (κ2) is 7.12. The Labute approximate surface area is 132 Å². The molecule has 0 aliphatic carbocycles. The van der Waals surface area contributed by atoms with E-state index in [9.17, 15) is 9.59 Å². The molecule has 2 aromatic rings. The predicted octanol–water partition coefficient (Wildman–Crippen LogP) is 0.317. The lowest BCUT2D eigenvalue weighted by Gasteiger charge is -2.20. The van der Waals surface area contributed by atoms with E-state index in [4.69, 9.17) is 21.7 Å². The van der Waals surface area contributed by atoms with Crippen LogP contribution in [0.4, 0.5) is 0 Å². The van der Waals surface area contributed by atoms with E-state index < -0.39 is 29.9 Å². The predicted molar refractivity (Wildman–Crippen MR) is 82.7 cm³/mol. The summed E-state index contributed by atoms with van der Waals surface area (Å²) in [5.74, 6) is -2.83. The Morgan fingerprint density at radius 1 is 1.00 bits per heavy atom. The molecule has 0 bridgehead atoms. The molecule has 0 saturated carbocycles. The number of hydrogen-bond acceptors (Lipinski definition) is 6. The van der Waals surface area contributed by atoms with Gasteiger partial charge in [-0.05, 0) is 25.0 Å². The van der Waals surface area contributed by atoms with Crippen LogP contribution >= 0.6 is 0 Å². The Bertz CT molecular complexity index is 699. The van der Waals surface area contributed by atoms with E-state index >= 15 is 0 Å². The maximum atomic E-state index is 11.0. The highest BCUT2D eigenvalue weighted by Gasteiger charge is 2.26. The van der Waals surface area contributed by atoms with Gasteiger partial charge in [0.1, 0.15) is 12.1 Å². The third kappa shape index (κ3) is 4.21. The van der Waals surface area contributed by atoms with Gasteiger partial charge in [-0.25, -0.2) is 4.98 Å².